The first-order valence-corrected chi connectivity index (χ1v) is 8.40. The predicted octanol–water partition coefficient (Wildman–Crippen LogP) is 1.35. The highest BCUT2D eigenvalue weighted by Crippen LogP contribution is 2.09. The molecule has 21 heavy (non-hydrogen) atoms. The molecule has 0 amide bonds. The Hall–Kier alpha value is -2.08. The molecule has 0 aliphatic rings. The number of hydrogen-bond acceptors (Lipinski definition) is 4. The van der Waals surface area contributed by atoms with Crippen molar-refractivity contribution in [2.45, 2.75) is 19.2 Å². The first-order valence-electron chi connectivity index (χ1n) is 6.58. The van der Waals surface area contributed by atoms with Gasteiger partial charge >= 0.3 is 0 Å². The maximum absolute atomic E-state index is 12.1. The summed E-state index contributed by atoms with van der Waals surface area (Å²) in [5, 5.41) is 0. The summed E-state index contributed by atoms with van der Waals surface area (Å²) in [6, 6.07) is 10.2. The number of pyridine rings is 1. The van der Waals surface area contributed by atoms with Gasteiger partial charge in [-0.3, -0.25) is 4.79 Å². The molecular formula is C15H18N2O3S. The largest absolute Gasteiger partial charge is 0.398 e. The minimum absolute atomic E-state index is 0.0221. The predicted molar refractivity (Wildman–Crippen MR) is 83.8 cm³/mol. The Morgan fingerprint density at radius 3 is 2.67 bits per heavy atom. The molecule has 1 aromatic carbocycles. The second-order valence-electron chi connectivity index (χ2n) is 5.08. The van der Waals surface area contributed by atoms with Gasteiger partial charge < -0.3 is 10.3 Å². The fraction of sp³-hybridized carbons (Fsp3) is 0.267. The van der Waals surface area contributed by atoms with Gasteiger partial charge in [0.15, 0.2) is 9.84 Å². The van der Waals surface area contributed by atoms with Gasteiger partial charge in [0.25, 0.3) is 5.56 Å². The SMILES string of the molecule is Cc1cccc(CS(=O)(=O)CCn2cc(N)ccc2=O)c1. The third-order valence-corrected chi connectivity index (χ3v) is 4.70. The average molecular weight is 306 g/mol. The lowest BCUT2D eigenvalue weighted by molar-refractivity contribution is 0.586. The maximum atomic E-state index is 12.1. The van der Waals surface area contributed by atoms with Gasteiger partial charge in [0.05, 0.1) is 11.5 Å². The Balaban J connectivity index is 2.08. The number of hydrogen-bond donors (Lipinski definition) is 1. The molecule has 0 aliphatic heterocycles. The average Bonchev–Trinajstić information content (AvgIpc) is 2.39. The van der Waals surface area contributed by atoms with Crippen LogP contribution in [0.5, 0.6) is 0 Å². The van der Waals surface area contributed by atoms with E-state index < -0.39 is 9.84 Å². The molecule has 0 saturated heterocycles. The van der Waals surface area contributed by atoms with Crippen molar-refractivity contribution in [1.82, 2.24) is 4.57 Å². The number of nitrogen functional groups attached to an aromatic ring is 1. The van der Waals surface area contributed by atoms with Gasteiger partial charge in [0.2, 0.25) is 0 Å². The smallest absolute Gasteiger partial charge is 0.250 e. The first-order chi connectivity index (χ1) is 9.85. The minimum atomic E-state index is -3.28. The van der Waals surface area contributed by atoms with Gasteiger partial charge in [0, 0.05) is 24.5 Å². The topological polar surface area (TPSA) is 82.2 Å². The van der Waals surface area contributed by atoms with Crippen LogP contribution >= 0.6 is 0 Å². The summed E-state index contributed by atoms with van der Waals surface area (Å²) in [7, 11) is -3.28. The number of nitrogens with two attached hydrogens (primary N) is 1. The fourth-order valence-corrected chi connectivity index (χ4v) is 3.40. The molecule has 0 fully saturated rings. The highest BCUT2D eigenvalue weighted by molar-refractivity contribution is 7.90. The van der Waals surface area contributed by atoms with Crippen LogP contribution in [0.1, 0.15) is 11.1 Å². The first kappa shape index (κ1) is 15.3. The Morgan fingerprint density at radius 1 is 1.19 bits per heavy atom. The van der Waals surface area contributed by atoms with Crippen LogP contribution in [0.15, 0.2) is 47.4 Å². The van der Waals surface area contributed by atoms with Gasteiger partial charge in [-0.25, -0.2) is 8.42 Å². The molecule has 0 aliphatic carbocycles. The van der Waals surface area contributed by atoms with Gasteiger partial charge in [0.1, 0.15) is 0 Å². The minimum Gasteiger partial charge on any atom is -0.398 e. The molecule has 5 nitrogen and oxygen atoms in total. The number of aryl methyl sites for hydroxylation is 2. The van der Waals surface area contributed by atoms with Gasteiger partial charge in [-0.1, -0.05) is 29.8 Å². The molecule has 6 heteroatoms. The van der Waals surface area contributed by atoms with Crippen molar-refractivity contribution >= 4 is 15.5 Å². The maximum Gasteiger partial charge on any atom is 0.250 e. The summed E-state index contributed by atoms with van der Waals surface area (Å²) in [6.45, 7) is 2.03. The van der Waals surface area contributed by atoms with E-state index in [1.54, 1.807) is 6.07 Å². The summed E-state index contributed by atoms with van der Waals surface area (Å²) in [4.78, 5) is 11.6. The summed E-state index contributed by atoms with van der Waals surface area (Å²) in [5.74, 6) is -0.115. The van der Waals surface area contributed by atoms with Crippen molar-refractivity contribution in [2.75, 3.05) is 11.5 Å². The van der Waals surface area contributed by atoms with Crippen molar-refractivity contribution in [3.8, 4) is 0 Å². The Bertz CT molecular complexity index is 795. The van der Waals surface area contributed by atoms with Crippen molar-refractivity contribution in [3.63, 3.8) is 0 Å². The van der Waals surface area contributed by atoms with E-state index in [2.05, 4.69) is 0 Å². The lowest BCUT2D eigenvalue weighted by Gasteiger charge is -2.08. The van der Waals surface area contributed by atoms with E-state index in [1.807, 2.05) is 25.1 Å². The molecular weight excluding hydrogens is 288 g/mol. The van der Waals surface area contributed by atoms with E-state index in [1.165, 1.54) is 22.9 Å². The van der Waals surface area contributed by atoms with Crippen molar-refractivity contribution in [2.24, 2.45) is 0 Å². The molecule has 0 bridgehead atoms. The van der Waals surface area contributed by atoms with Crippen LogP contribution in [0.3, 0.4) is 0 Å². The van der Waals surface area contributed by atoms with Crippen LogP contribution in [0.25, 0.3) is 0 Å². The zero-order valence-electron chi connectivity index (χ0n) is 11.8. The van der Waals surface area contributed by atoms with Crippen LogP contribution < -0.4 is 11.3 Å². The number of nitrogens with zero attached hydrogens (tertiary/aromatic N) is 1. The van der Waals surface area contributed by atoms with E-state index in [0.29, 0.717) is 5.69 Å². The van der Waals surface area contributed by atoms with E-state index in [9.17, 15) is 13.2 Å². The van der Waals surface area contributed by atoms with Crippen LogP contribution in [-0.4, -0.2) is 18.7 Å². The normalized spacial score (nSPS) is 11.5. The van der Waals surface area contributed by atoms with Crippen LogP contribution in [0, 0.1) is 6.92 Å². The van der Waals surface area contributed by atoms with Crippen molar-refractivity contribution in [3.05, 3.63) is 64.1 Å². The van der Waals surface area contributed by atoms with Crippen molar-refractivity contribution in [1.29, 1.82) is 0 Å². The number of anilines is 1. The summed E-state index contributed by atoms with van der Waals surface area (Å²) >= 11 is 0. The molecule has 0 atom stereocenters. The molecule has 0 radical (unpaired) electrons. The summed E-state index contributed by atoms with van der Waals surface area (Å²) in [5.41, 5.74) is 7.56. The molecule has 0 unspecified atom stereocenters. The molecule has 112 valence electrons. The molecule has 0 saturated carbocycles. The van der Waals surface area contributed by atoms with E-state index in [4.69, 9.17) is 5.73 Å². The summed E-state index contributed by atoms with van der Waals surface area (Å²) in [6.07, 6.45) is 1.46. The lowest BCUT2D eigenvalue weighted by atomic mass is 10.2. The summed E-state index contributed by atoms with van der Waals surface area (Å²) < 4.78 is 25.6. The zero-order valence-corrected chi connectivity index (χ0v) is 12.6. The zero-order chi connectivity index (χ0) is 15.5. The number of benzene rings is 1. The van der Waals surface area contributed by atoms with Crippen LogP contribution in [0.4, 0.5) is 5.69 Å². The van der Waals surface area contributed by atoms with Crippen molar-refractivity contribution < 1.29 is 8.42 Å². The fourth-order valence-electron chi connectivity index (χ4n) is 2.09. The third kappa shape index (κ3) is 4.46. The molecule has 2 aromatic rings. The Labute approximate surface area is 124 Å². The lowest BCUT2D eigenvalue weighted by Crippen LogP contribution is -2.24. The Morgan fingerprint density at radius 2 is 1.95 bits per heavy atom. The third-order valence-electron chi connectivity index (χ3n) is 3.12. The molecule has 2 N–H and O–H groups in total. The standard InChI is InChI=1S/C15H18N2O3S/c1-12-3-2-4-13(9-12)11-21(19,20)8-7-17-10-14(16)5-6-15(17)18/h2-6,9-10H,7-8,11,16H2,1H3. The van der Waals surface area contributed by atoms with E-state index in [0.717, 1.165) is 11.1 Å². The second-order valence-corrected chi connectivity index (χ2v) is 7.26. The number of rotatable bonds is 5. The monoisotopic (exact) mass is 306 g/mol. The molecule has 1 aromatic heterocycles. The van der Waals surface area contributed by atoms with E-state index in [-0.39, 0.29) is 23.6 Å². The molecule has 2 rings (SSSR count). The quantitative estimate of drug-likeness (QED) is 0.904. The van der Waals surface area contributed by atoms with Crippen LogP contribution in [-0.2, 0) is 22.1 Å². The highest BCUT2D eigenvalue weighted by atomic mass is 32.2. The number of sulfone groups is 1. The van der Waals surface area contributed by atoms with Gasteiger partial charge in [-0.15, -0.1) is 0 Å². The highest BCUT2D eigenvalue weighted by Gasteiger charge is 2.13. The Kier molecular flexibility index (Phi) is 4.47. The number of aromatic nitrogens is 1. The molecule has 1 heterocycles. The van der Waals surface area contributed by atoms with Gasteiger partial charge in [-0.05, 0) is 18.6 Å². The second kappa shape index (κ2) is 6.13. The van der Waals surface area contributed by atoms with Gasteiger partial charge in [-0.2, -0.15) is 0 Å². The molecule has 0 spiro atoms. The van der Waals surface area contributed by atoms with Crippen LogP contribution in [0.2, 0.25) is 0 Å². The van der Waals surface area contributed by atoms with E-state index >= 15 is 0 Å².